The van der Waals surface area contributed by atoms with Crippen molar-refractivity contribution in [2.24, 2.45) is 0 Å². The number of hydrogen-bond acceptors (Lipinski definition) is 8. The normalized spacial score (nSPS) is 26.2. The number of hydrogen-bond donors (Lipinski definition) is 2. The minimum atomic E-state index is -2.25. The van der Waals surface area contributed by atoms with E-state index in [0.717, 1.165) is 16.8 Å². The van der Waals surface area contributed by atoms with Crippen LogP contribution < -0.4 is 11.2 Å². The molecule has 11 heteroatoms. The molecule has 28 heavy (non-hydrogen) atoms. The third-order valence-corrected chi connectivity index (χ3v) is 4.14. The van der Waals surface area contributed by atoms with E-state index in [0.29, 0.717) is 0 Å². The Balaban J connectivity index is 2.50. The summed E-state index contributed by atoms with van der Waals surface area (Å²) in [5, 5.41) is 13.1. The van der Waals surface area contributed by atoms with Gasteiger partial charge in [0, 0.05) is 30.5 Å². The summed E-state index contributed by atoms with van der Waals surface area (Å²) < 4.78 is 16.8. The Morgan fingerprint density at radius 2 is 2.04 bits per heavy atom. The van der Waals surface area contributed by atoms with Gasteiger partial charge in [-0.2, -0.15) is 0 Å². The zero-order valence-corrected chi connectivity index (χ0v) is 15.9. The van der Waals surface area contributed by atoms with Crippen LogP contribution in [-0.2, 0) is 23.8 Å². The van der Waals surface area contributed by atoms with Crippen molar-refractivity contribution in [1.29, 1.82) is 0 Å². The Bertz CT molecular complexity index is 914. The first-order chi connectivity index (χ1) is 13.3. The van der Waals surface area contributed by atoms with Crippen LogP contribution in [0, 0.1) is 11.3 Å². The van der Waals surface area contributed by atoms with Crippen molar-refractivity contribution in [1.82, 2.24) is 9.55 Å². The number of ether oxygens (including phenoxy) is 3. The summed E-state index contributed by atoms with van der Waals surface area (Å²) in [7, 11) is 0. The van der Waals surface area contributed by atoms with Crippen LogP contribution >= 0.6 is 11.6 Å². The Labute approximate surface area is 164 Å². The predicted octanol–water partition coefficient (Wildman–Crippen LogP) is -0.360. The molecule has 10 nitrogen and oxygen atoms in total. The van der Waals surface area contributed by atoms with E-state index in [-0.39, 0.29) is 19.4 Å². The second kappa shape index (κ2) is 9.05. The average Bonchev–Trinajstić information content (AvgIpc) is 2.92. The van der Waals surface area contributed by atoms with E-state index < -0.39 is 47.2 Å². The van der Waals surface area contributed by atoms with Crippen LogP contribution in [0.5, 0.6) is 0 Å². The summed E-state index contributed by atoms with van der Waals surface area (Å²) in [6, 6.07) is 1.04. The monoisotopic (exact) mass is 414 g/mol. The number of carbonyl (C=O) groups is 2. The third kappa shape index (κ3) is 4.44. The molecule has 2 N–H and O–H groups in total. The summed E-state index contributed by atoms with van der Waals surface area (Å²) in [5.74, 6) is 1.08. The molecule has 0 aliphatic carbocycles. The molecular weight excluding hydrogens is 396 g/mol. The maximum atomic E-state index is 12.2. The standard InChI is InChI=1S/C17H19ClN2O8/c1-3-12(22)26-9-10-14(28-13(23)4-2)17(25,6-7-18)15(27-10)20-8-5-11(21)19-16(20)24/h5,8,10,14-15,25H,3-4,9H2,1-2H3,(H,19,21,24)/t10-,14-,15-,17-/m1/s1. The van der Waals surface area contributed by atoms with Gasteiger partial charge in [0.1, 0.15) is 12.7 Å². The fourth-order valence-corrected chi connectivity index (χ4v) is 2.81. The second-order valence-electron chi connectivity index (χ2n) is 5.89. The molecule has 0 spiro atoms. The van der Waals surface area contributed by atoms with E-state index in [1.165, 1.54) is 0 Å². The number of rotatable bonds is 6. The number of esters is 2. The minimum Gasteiger partial charge on any atom is -0.463 e. The van der Waals surface area contributed by atoms with Crippen LogP contribution in [0.1, 0.15) is 32.9 Å². The van der Waals surface area contributed by atoms with Gasteiger partial charge in [-0.15, -0.1) is 0 Å². The van der Waals surface area contributed by atoms with Crippen molar-refractivity contribution < 1.29 is 28.9 Å². The van der Waals surface area contributed by atoms with Gasteiger partial charge in [-0.3, -0.25) is 23.9 Å². The highest BCUT2D eigenvalue weighted by molar-refractivity contribution is 6.30. The largest absolute Gasteiger partial charge is 0.463 e. The summed E-state index contributed by atoms with van der Waals surface area (Å²) in [6.07, 6.45) is -2.88. The SMILES string of the molecule is CCC(=O)OC[C@H]1O[C@@H](n2ccc(=O)[nH]c2=O)[C@@](O)(C#CCl)[C@@H]1OC(=O)CC. The van der Waals surface area contributed by atoms with Crippen molar-refractivity contribution in [3.05, 3.63) is 33.1 Å². The van der Waals surface area contributed by atoms with Crippen LogP contribution in [0.3, 0.4) is 0 Å². The van der Waals surface area contributed by atoms with E-state index in [1.54, 1.807) is 13.8 Å². The van der Waals surface area contributed by atoms with Gasteiger partial charge in [-0.1, -0.05) is 13.8 Å². The molecule has 1 aromatic heterocycles. The summed E-state index contributed by atoms with van der Waals surface area (Å²) in [6.45, 7) is 2.76. The first-order valence-corrected chi connectivity index (χ1v) is 8.81. The van der Waals surface area contributed by atoms with Gasteiger partial charge < -0.3 is 19.3 Å². The van der Waals surface area contributed by atoms with Gasteiger partial charge in [0.25, 0.3) is 5.56 Å². The lowest BCUT2D eigenvalue weighted by Gasteiger charge is -2.28. The van der Waals surface area contributed by atoms with Gasteiger partial charge in [-0.25, -0.2) is 4.79 Å². The first kappa shape index (κ1) is 21.7. The zero-order chi connectivity index (χ0) is 20.9. The maximum Gasteiger partial charge on any atom is 0.330 e. The summed E-state index contributed by atoms with van der Waals surface area (Å²) >= 11 is 5.47. The van der Waals surface area contributed by atoms with Gasteiger partial charge in [0.2, 0.25) is 5.60 Å². The van der Waals surface area contributed by atoms with Crippen molar-refractivity contribution >= 4 is 23.5 Å². The number of aliphatic hydroxyl groups is 1. The van der Waals surface area contributed by atoms with Crippen molar-refractivity contribution in [2.75, 3.05) is 6.61 Å². The van der Waals surface area contributed by atoms with Gasteiger partial charge in [0.15, 0.2) is 12.3 Å². The van der Waals surface area contributed by atoms with E-state index in [2.05, 4.69) is 5.92 Å². The average molecular weight is 415 g/mol. The highest BCUT2D eigenvalue weighted by Gasteiger charge is 2.59. The second-order valence-corrected chi connectivity index (χ2v) is 6.08. The Hall–Kier alpha value is -2.61. The summed E-state index contributed by atoms with van der Waals surface area (Å²) in [5.41, 5.74) is -3.80. The topological polar surface area (TPSA) is 137 Å². The first-order valence-electron chi connectivity index (χ1n) is 8.44. The Morgan fingerprint density at radius 1 is 1.36 bits per heavy atom. The fourth-order valence-electron chi connectivity index (χ4n) is 2.66. The maximum absolute atomic E-state index is 12.2. The highest BCUT2D eigenvalue weighted by atomic mass is 35.5. The molecular formula is C17H19ClN2O8. The van der Waals surface area contributed by atoms with E-state index in [1.807, 2.05) is 10.4 Å². The van der Waals surface area contributed by atoms with Gasteiger partial charge >= 0.3 is 17.6 Å². The lowest BCUT2D eigenvalue weighted by Crippen LogP contribution is -2.50. The molecule has 0 bridgehead atoms. The zero-order valence-electron chi connectivity index (χ0n) is 15.1. The van der Waals surface area contributed by atoms with E-state index >= 15 is 0 Å². The lowest BCUT2D eigenvalue weighted by molar-refractivity contribution is -0.162. The van der Waals surface area contributed by atoms with Gasteiger partial charge in [0.05, 0.1) is 0 Å². The third-order valence-electron chi connectivity index (χ3n) is 4.05. The molecule has 0 unspecified atom stereocenters. The molecule has 1 aliphatic heterocycles. The molecule has 1 fully saturated rings. The molecule has 1 aromatic rings. The smallest absolute Gasteiger partial charge is 0.330 e. The fraction of sp³-hybridized carbons (Fsp3) is 0.529. The number of carbonyl (C=O) groups excluding carboxylic acids is 2. The quantitative estimate of drug-likeness (QED) is 0.475. The van der Waals surface area contributed by atoms with Crippen LogP contribution in [0.25, 0.3) is 0 Å². The molecule has 0 saturated carbocycles. The van der Waals surface area contributed by atoms with Crippen LogP contribution in [0.15, 0.2) is 21.9 Å². The van der Waals surface area contributed by atoms with E-state index in [9.17, 15) is 24.3 Å². The number of halogens is 1. The molecule has 0 aromatic carbocycles. The highest BCUT2D eigenvalue weighted by Crippen LogP contribution is 2.39. The van der Waals surface area contributed by atoms with Gasteiger partial charge in [-0.05, 0) is 17.5 Å². The Morgan fingerprint density at radius 3 is 2.61 bits per heavy atom. The molecule has 152 valence electrons. The van der Waals surface area contributed by atoms with Crippen molar-refractivity contribution in [3.8, 4) is 11.3 Å². The number of H-pyrrole nitrogens is 1. The van der Waals surface area contributed by atoms with Crippen LogP contribution in [0.4, 0.5) is 0 Å². The molecule has 4 atom stereocenters. The summed E-state index contributed by atoms with van der Waals surface area (Å²) in [4.78, 5) is 48.9. The molecule has 2 rings (SSSR count). The number of nitrogens with zero attached hydrogens (tertiary/aromatic N) is 1. The molecule has 0 radical (unpaired) electrons. The number of nitrogens with one attached hydrogen (secondary N) is 1. The van der Waals surface area contributed by atoms with Crippen molar-refractivity contribution in [3.63, 3.8) is 0 Å². The predicted molar refractivity (Wildman–Crippen MR) is 95.2 cm³/mol. The van der Waals surface area contributed by atoms with Crippen LogP contribution in [0.2, 0.25) is 0 Å². The molecule has 1 aliphatic rings. The van der Waals surface area contributed by atoms with Crippen LogP contribution in [-0.4, -0.2) is 51.0 Å². The van der Waals surface area contributed by atoms with E-state index in [4.69, 9.17) is 25.8 Å². The molecule has 2 heterocycles. The Kier molecular flexibility index (Phi) is 7.01. The lowest BCUT2D eigenvalue weighted by atomic mass is 9.94. The minimum absolute atomic E-state index is 0.00831. The molecule has 1 saturated heterocycles. The van der Waals surface area contributed by atoms with Crippen molar-refractivity contribution in [2.45, 2.75) is 50.7 Å². The number of aromatic amines is 1. The molecule has 0 amide bonds. The number of aromatic nitrogens is 2.